The molecule has 3 rings (SSSR count). The van der Waals surface area contributed by atoms with E-state index in [2.05, 4.69) is 16.0 Å². The first-order valence-corrected chi connectivity index (χ1v) is 6.99. The molecule has 0 amide bonds. The summed E-state index contributed by atoms with van der Waals surface area (Å²) < 4.78 is 15.5. The third-order valence-corrected chi connectivity index (χ3v) is 3.77. The van der Waals surface area contributed by atoms with Crippen LogP contribution in [-0.4, -0.2) is 14.5 Å². The maximum atomic E-state index is 13.5. The first kappa shape index (κ1) is 13.7. The van der Waals surface area contributed by atoms with Crippen molar-refractivity contribution in [3.8, 4) is 5.69 Å². The summed E-state index contributed by atoms with van der Waals surface area (Å²) in [6, 6.07) is 3.97. The minimum Gasteiger partial charge on any atom is -0.300 e. The van der Waals surface area contributed by atoms with Crippen molar-refractivity contribution in [1.82, 2.24) is 14.5 Å². The van der Waals surface area contributed by atoms with Gasteiger partial charge in [0.1, 0.15) is 18.1 Å². The number of alkyl halides is 1. The first-order valence-electron chi connectivity index (χ1n) is 6.99. The second-order valence-electron chi connectivity index (χ2n) is 5.56. The Kier molecular flexibility index (Phi) is 3.24. The van der Waals surface area contributed by atoms with Gasteiger partial charge in [-0.1, -0.05) is 17.7 Å². The number of halogens is 1. The number of aromatic nitrogens is 3. The van der Waals surface area contributed by atoms with Crippen molar-refractivity contribution in [2.45, 2.75) is 34.4 Å². The molecular formula is C17H18FN3. The van der Waals surface area contributed by atoms with Crippen molar-refractivity contribution < 1.29 is 4.39 Å². The van der Waals surface area contributed by atoms with Crippen LogP contribution >= 0.6 is 0 Å². The summed E-state index contributed by atoms with van der Waals surface area (Å²) in [4.78, 5) is 8.80. The number of benzene rings is 1. The van der Waals surface area contributed by atoms with Crippen molar-refractivity contribution in [3.63, 3.8) is 0 Å². The van der Waals surface area contributed by atoms with Gasteiger partial charge < -0.3 is 4.57 Å². The van der Waals surface area contributed by atoms with Crippen LogP contribution in [0, 0.1) is 27.7 Å². The van der Waals surface area contributed by atoms with E-state index in [0.29, 0.717) is 11.4 Å². The molecule has 0 fully saturated rings. The van der Waals surface area contributed by atoms with E-state index in [1.54, 1.807) is 0 Å². The molecule has 0 saturated carbocycles. The Labute approximate surface area is 123 Å². The van der Waals surface area contributed by atoms with E-state index in [1.165, 1.54) is 0 Å². The Bertz CT molecular complexity index is 834. The average Bonchev–Trinajstić information content (AvgIpc) is 2.74. The molecule has 0 spiro atoms. The third kappa shape index (κ3) is 2.20. The van der Waals surface area contributed by atoms with Crippen LogP contribution < -0.4 is 0 Å². The predicted molar refractivity (Wildman–Crippen MR) is 82.6 cm³/mol. The number of hydrogen-bond acceptors (Lipinski definition) is 2. The van der Waals surface area contributed by atoms with Crippen LogP contribution in [0.4, 0.5) is 4.39 Å². The average molecular weight is 283 g/mol. The maximum absolute atomic E-state index is 13.5. The molecule has 21 heavy (non-hydrogen) atoms. The largest absolute Gasteiger partial charge is 0.300 e. The normalized spacial score (nSPS) is 11.3. The second-order valence-corrected chi connectivity index (χ2v) is 5.56. The summed E-state index contributed by atoms with van der Waals surface area (Å²) in [6.07, 6.45) is 3.84. The molecule has 108 valence electrons. The van der Waals surface area contributed by atoms with Crippen LogP contribution in [0.2, 0.25) is 0 Å². The molecule has 0 aliphatic carbocycles. The van der Waals surface area contributed by atoms with Crippen molar-refractivity contribution >= 4 is 11.0 Å². The summed E-state index contributed by atoms with van der Waals surface area (Å²) in [5.41, 5.74) is 5.63. The van der Waals surface area contributed by atoms with Gasteiger partial charge in [0.05, 0.1) is 5.69 Å². The summed E-state index contributed by atoms with van der Waals surface area (Å²) in [5.74, 6) is 0.716. The zero-order valence-electron chi connectivity index (χ0n) is 12.7. The van der Waals surface area contributed by atoms with Crippen LogP contribution in [0.25, 0.3) is 16.7 Å². The number of rotatable bonds is 2. The Morgan fingerprint density at radius 3 is 2.57 bits per heavy atom. The van der Waals surface area contributed by atoms with Gasteiger partial charge in [0.25, 0.3) is 0 Å². The molecule has 0 bridgehead atoms. The monoisotopic (exact) mass is 283 g/mol. The summed E-state index contributed by atoms with van der Waals surface area (Å²) in [7, 11) is 0. The second kappa shape index (κ2) is 4.95. The predicted octanol–water partition coefficient (Wildman–Crippen LogP) is 4.12. The van der Waals surface area contributed by atoms with Crippen molar-refractivity contribution in [1.29, 1.82) is 0 Å². The van der Waals surface area contributed by atoms with E-state index < -0.39 is 6.67 Å². The highest BCUT2D eigenvalue weighted by atomic mass is 19.1. The van der Waals surface area contributed by atoms with E-state index >= 15 is 0 Å². The summed E-state index contributed by atoms with van der Waals surface area (Å²) in [5, 5.41) is 1.00. The van der Waals surface area contributed by atoms with Gasteiger partial charge in [-0.2, -0.15) is 0 Å². The van der Waals surface area contributed by atoms with Crippen LogP contribution in [-0.2, 0) is 6.67 Å². The van der Waals surface area contributed by atoms with E-state index in [-0.39, 0.29) is 0 Å². The lowest BCUT2D eigenvalue weighted by atomic mass is 10.0. The number of fused-ring (bicyclic) bond motifs is 1. The van der Waals surface area contributed by atoms with Gasteiger partial charge in [0.15, 0.2) is 0 Å². The lowest BCUT2D eigenvalue weighted by Gasteiger charge is -2.14. The minimum absolute atomic E-state index is 0.485. The van der Waals surface area contributed by atoms with Gasteiger partial charge in [0, 0.05) is 23.3 Å². The number of nitrogens with zero attached hydrogens (tertiary/aromatic N) is 3. The highest BCUT2D eigenvalue weighted by molar-refractivity contribution is 5.81. The van der Waals surface area contributed by atoms with E-state index in [1.807, 2.05) is 50.7 Å². The van der Waals surface area contributed by atoms with Crippen LogP contribution in [0.5, 0.6) is 0 Å². The van der Waals surface area contributed by atoms with Crippen molar-refractivity contribution in [2.75, 3.05) is 0 Å². The van der Waals surface area contributed by atoms with E-state index in [0.717, 1.165) is 33.4 Å². The third-order valence-electron chi connectivity index (χ3n) is 3.77. The van der Waals surface area contributed by atoms with Gasteiger partial charge in [-0.15, -0.1) is 0 Å². The number of hydrogen-bond donors (Lipinski definition) is 0. The van der Waals surface area contributed by atoms with Crippen molar-refractivity contribution in [2.24, 2.45) is 0 Å². The molecule has 1 aromatic carbocycles. The fraction of sp³-hybridized carbons (Fsp3) is 0.294. The molecule has 0 unspecified atom stereocenters. The molecule has 0 radical (unpaired) electrons. The minimum atomic E-state index is -0.485. The lowest BCUT2D eigenvalue weighted by Crippen LogP contribution is -2.03. The quantitative estimate of drug-likeness (QED) is 0.708. The molecule has 0 aliphatic rings. The van der Waals surface area contributed by atoms with Gasteiger partial charge in [-0.25, -0.2) is 14.4 Å². The van der Waals surface area contributed by atoms with Gasteiger partial charge >= 0.3 is 0 Å². The van der Waals surface area contributed by atoms with Gasteiger partial charge in [-0.05, 0) is 38.8 Å². The fourth-order valence-corrected chi connectivity index (χ4v) is 2.91. The Hall–Kier alpha value is -2.23. The van der Waals surface area contributed by atoms with E-state index in [9.17, 15) is 4.39 Å². The summed E-state index contributed by atoms with van der Waals surface area (Å²) in [6.45, 7) is 7.40. The van der Waals surface area contributed by atoms with Crippen LogP contribution in [0.1, 0.15) is 28.1 Å². The van der Waals surface area contributed by atoms with Gasteiger partial charge in [0.2, 0.25) is 0 Å². The molecule has 2 heterocycles. The SMILES string of the molecule is Cc1cc(C)c(-n2cc(C)c3cnc(C)nc32)c(CF)c1. The molecule has 0 N–H and O–H groups in total. The summed E-state index contributed by atoms with van der Waals surface area (Å²) >= 11 is 0. The molecule has 4 heteroatoms. The Morgan fingerprint density at radius 1 is 1.10 bits per heavy atom. The standard InChI is InChI=1S/C17H18FN3/c1-10-5-11(2)16(14(6-10)7-18)21-9-12(3)15-8-19-13(4)20-17(15)21/h5-6,8-9H,7H2,1-4H3. The Morgan fingerprint density at radius 2 is 1.86 bits per heavy atom. The molecule has 2 aromatic heterocycles. The highest BCUT2D eigenvalue weighted by Gasteiger charge is 2.15. The molecule has 0 atom stereocenters. The zero-order valence-corrected chi connectivity index (χ0v) is 12.7. The zero-order chi connectivity index (χ0) is 15.1. The first-order chi connectivity index (χ1) is 10.0. The topological polar surface area (TPSA) is 30.7 Å². The molecule has 3 aromatic rings. The Balaban J connectivity index is 2.38. The molecule has 3 nitrogen and oxygen atoms in total. The van der Waals surface area contributed by atoms with E-state index in [4.69, 9.17) is 0 Å². The van der Waals surface area contributed by atoms with Gasteiger partial charge in [-0.3, -0.25) is 0 Å². The molecule has 0 aliphatic heterocycles. The molecule has 0 saturated heterocycles. The van der Waals surface area contributed by atoms with Crippen molar-refractivity contribution in [3.05, 3.63) is 52.6 Å². The highest BCUT2D eigenvalue weighted by Crippen LogP contribution is 2.28. The smallest absolute Gasteiger partial charge is 0.148 e. The van der Waals surface area contributed by atoms with Crippen LogP contribution in [0.15, 0.2) is 24.5 Å². The fourth-order valence-electron chi connectivity index (χ4n) is 2.91. The maximum Gasteiger partial charge on any atom is 0.148 e. The number of aryl methyl sites for hydroxylation is 4. The van der Waals surface area contributed by atoms with Crippen LogP contribution in [0.3, 0.4) is 0 Å². The lowest BCUT2D eigenvalue weighted by molar-refractivity contribution is 0.484. The molecular weight excluding hydrogens is 265 g/mol.